The van der Waals surface area contributed by atoms with Gasteiger partial charge in [0.1, 0.15) is 21.4 Å². The number of nitrogens with zero attached hydrogens (tertiary/aromatic N) is 3. The van der Waals surface area contributed by atoms with E-state index >= 15 is 0 Å². The van der Waals surface area contributed by atoms with Crippen molar-refractivity contribution in [2.75, 3.05) is 20.2 Å². The molecule has 1 saturated heterocycles. The Morgan fingerprint density at radius 2 is 2.00 bits per heavy atom. The molecular formula is C25H24N4O3S2. The van der Waals surface area contributed by atoms with Gasteiger partial charge in [-0.1, -0.05) is 12.1 Å². The summed E-state index contributed by atoms with van der Waals surface area (Å²) in [6.07, 6.45) is 3.68. The Balaban J connectivity index is 1.60. The minimum atomic E-state index is -0.225. The van der Waals surface area contributed by atoms with Crippen molar-refractivity contribution >= 4 is 50.4 Å². The van der Waals surface area contributed by atoms with Crippen LogP contribution >= 0.6 is 22.7 Å². The lowest BCUT2D eigenvalue weighted by atomic mass is 10.1. The van der Waals surface area contributed by atoms with Crippen LogP contribution in [-0.4, -0.2) is 46.0 Å². The van der Waals surface area contributed by atoms with E-state index in [1.807, 2.05) is 48.4 Å². The Morgan fingerprint density at radius 1 is 1.21 bits per heavy atom. The van der Waals surface area contributed by atoms with Crippen molar-refractivity contribution < 1.29 is 9.53 Å². The van der Waals surface area contributed by atoms with Crippen molar-refractivity contribution in [3.63, 3.8) is 0 Å². The van der Waals surface area contributed by atoms with E-state index in [2.05, 4.69) is 4.98 Å². The molecule has 3 aromatic heterocycles. The number of likely N-dealkylation sites (tertiary alicyclic amines) is 1. The number of ether oxygens (including phenoxy) is 1. The first-order valence-corrected chi connectivity index (χ1v) is 12.8. The molecule has 1 fully saturated rings. The number of aromatic nitrogens is 3. The van der Waals surface area contributed by atoms with Gasteiger partial charge in [-0.15, -0.1) is 22.7 Å². The molecule has 0 radical (unpaired) electrons. The fourth-order valence-electron chi connectivity index (χ4n) is 4.09. The summed E-state index contributed by atoms with van der Waals surface area (Å²) in [5.74, 6) is 0.902. The third kappa shape index (κ3) is 4.17. The minimum Gasteiger partial charge on any atom is -0.497 e. The van der Waals surface area contributed by atoms with Gasteiger partial charge in [0.05, 0.1) is 23.8 Å². The number of thiophene rings is 1. The summed E-state index contributed by atoms with van der Waals surface area (Å²) in [4.78, 5) is 42.2. The Bertz CT molecular complexity index is 1480. The van der Waals surface area contributed by atoms with Crippen molar-refractivity contribution in [3.8, 4) is 16.3 Å². The van der Waals surface area contributed by atoms with Gasteiger partial charge in [0.2, 0.25) is 0 Å². The lowest BCUT2D eigenvalue weighted by Crippen LogP contribution is -2.29. The van der Waals surface area contributed by atoms with Crippen LogP contribution in [0.4, 0.5) is 0 Å². The van der Waals surface area contributed by atoms with Crippen LogP contribution in [-0.2, 0) is 4.79 Å². The molecule has 34 heavy (non-hydrogen) atoms. The van der Waals surface area contributed by atoms with E-state index in [9.17, 15) is 9.59 Å². The molecule has 5 rings (SSSR count). The van der Waals surface area contributed by atoms with E-state index in [-0.39, 0.29) is 17.3 Å². The molecule has 9 heteroatoms. The van der Waals surface area contributed by atoms with E-state index in [4.69, 9.17) is 14.7 Å². The molecular weight excluding hydrogens is 468 g/mol. The van der Waals surface area contributed by atoms with Crippen LogP contribution in [0.5, 0.6) is 5.75 Å². The number of hydrogen-bond acceptors (Lipinski definition) is 7. The predicted octanol–water partition coefficient (Wildman–Crippen LogP) is 4.90. The Kier molecular flexibility index (Phi) is 6.05. The molecule has 1 amide bonds. The Hall–Kier alpha value is -3.30. The number of carbonyl (C=O) groups is 1. The fraction of sp³-hybridized carbons (Fsp3) is 0.280. The number of H-pyrrole nitrogens is 1. The van der Waals surface area contributed by atoms with Crippen LogP contribution in [0.25, 0.3) is 32.4 Å². The number of amides is 1. The number of hydrogen-bond donors (Lipinski definition) is 1. The molecule has 1 aliphatic heterocycles. The zero-order chi connectivity index (χ0) is 23.8. The lowest BCUT2D eigenvalue weighted by Gasteiger charge is -2.17. The number of nitrogens with one attached hydrogen (secondary N) is 1. The van der Waals surface area contributed by atoms with Gasteiger partial charge in [0, 0.05) is 28.9 Å². The maximum Gasteiger partial charge on any atom is 0.260 e. The molecule has 0 saturated carbocycles. The zero-order valence-corrected chi connectivity index (χ0v) is 20.8. The average Bonchev–Trinajstić information content (AvgIpc) is 3.59. The van der Waals surface area contributed by atoms with Crippen LogP contribution in [0.3, 0.4) is 0 Å². The first-order valence-electron chi connectivity index (χ1n) is 11.1. The van der Waals surface area contributed by atoms with Crippen molar-refractivity contribution in [2.24, 2.45) is 0 Å². The highest BCUT2D eigenvalue weighted by atomic mass is 32.1. The van der Waals surface area contributed by atoms with Crippen molar-refractivity contribution in [2.45, 2.75) is 26.7 Å². The first-order chi connectivity index (χ1) is 16.4. The monoisotopic (exact) mass is 492 g/mol. The number of aromatic amines is 1. The van der Waals surface area contributed by atoms with E-state index in [0.29, 0.717) is 34.6 Å². The number of carbonyl (C=O) groups excluding carboxylic acids is 1. The number of thiazole rings is 1. The van der Waals surface area contributed by atoms with Crippen LogP contribution in [0, 0.1) is 13.8 Å². The van der Waals surface area contributed by atoms with Gasteiger partial charge in [-0.2, -0.15) is 0 Å². The van der Waals surface area contributed by atoms with Crippen LogP contribution < -0.4 is 10.3 Å². The minimum absolute atomic E-state index is 0.138. The van der Waals surface area contributed by atoms with E-state index in [1.54, 1.807) is 13.2 Å². The molecule has 0 aliphatic carbocycles. The first kappa shape index (κ1) is 22.5. The molecule has 4 aromatic rings. The Labute approximate surface area is 204 Å². The fourth-order valence-corrected chi connectivity index (χ4v) is 5.90. The van der Waals surface area contributed by atoms with E-state index in [1.165, 1.54) is 22.7 Å². The van der Waals surface area contributed by atoms with Gasteiger partial charge >= 0.3 is 0 Å². The van der Waals surface area contributed by atoms with Crippen molar-refractivity contribution in [3.05, 3.63) is 62.0 Å². The molecule has 1 aliphatic rings. The third-order valence-electron chi connectivity index (χ3n) is 6.05. The molecule has 0 unspecified atom stereocenters. The van der Waals surface area contributed by atoms with E-state index < -0.39 is 0 Å². The summed E-state index contributed by atoms with van der Waals surface area (Å²) in [5, 5.41) is 3.31. The zero-order valence-electron chi connectivity index (χ0n) is 19.2. The summed E-state index contributed by atoms with van der Waals surface area (Å²) in [5.41, 5.74) is 2.64. The second-order valence-corrected chi connectivity index (χ2v) is 10.3. The summed E-state index contributed by atoms with van der Waals surface area (Å²) in [6, 6.07) is 7.70. The highest BCUT2D eigenvalue weighted by molar-refractivity contribution is 7.18. The quantitative estimate of drug-likeness (QED) is 0.401. The molecule has 0 bridgehead atoms. The molecule has 0 spiro atoms. The normalized spacial score (nSPS) is 14.2. The number of benzene rings is 1. The van der Waals surface area contributed by atoms with Gasteiger partial charge in [-0.3, -0.25) is 9.59 Å². The second kappa shape index (κ2) is 9.15. The molecule has 0 atom stereocenters. The van der Waals surface area contributed by atoms with Crippen molar-refractivity contribution in [1.82, 2.24) is 19.9 Å². The summed E-state index contributed by atoms with van der Waals surface area (Å²) >= 11 is 2.96. The summed E-state index contributed by atoms with van der Waals surface area (Å²) in [6.45, 7) is 5.30. The van der Waals surface area contributed by atoms with E-state index in [0.717, 1.165) is 39.6 Å². The third-order valence-corrected chi connectivity index (χ3v) is 8.06. The smallest absolute Gasteiger partial charge is 0.260 e. The predicted molar refractivity (Wildman–Crippen MR) is 138 cm³/mol. The van der Waals surface area contributed by atoms with Crippen LogP contribution in [0.15, 0.2) is 34.4 Å². The largest absolute Gasteiger partial charge is 0.497 e. The number of fused-ring (bicyclic) bond motifs is 1. The highest BCUT2D eigenvalue weighted by Gasteiger charge is 2.25. The maximum absolute atomic E-state index is 13.5. The van der Waals surface area contributed by atoms with Gasteiger partial charge in [-0.25, -0.2) is 9.97 Å². The highest BCUT2D eigenvalue weighted by Crippen LogP contribution is 2.30. The lowest BCUT2D eigenvalue weighted by molar-refractivity contribution is -0.123. The van der Waals surface area contributed by atoms with Gasteiger partial charge in [0.15, 0.2) is 0 Å². The molecule has 1 aromatic carbocycles. The standard InChI is InChI=1S/C25H24N4O3S2/c1-14-15(2)34-24-20(14)22(30)27-21(28-24)19(25(31)29-9-4-5-10-29)12-17-13-33-23(26-17)16-7-6-8-18(11-16)32-3/h6-8,11-13H,4-5,9-10H2,1-3H3,(H,27,28,30). The average molecular weight is 493 g/mol. The second-order valence-electron chi connectivity index (χ2n) is 8.24. The number of aryl methyl sites for hydroxylation is 2. The SMILES string of the molecule is COc1cccc(-c2nc(C=C(C(=O)N3CCCC3)c3nc4sc(C)c(C)c4c(=O)[nH]3)cs2)c1. The van der Waals surface area contributed by atoms with Crippen LogP contribution in [0.2, 0.25) is 0 Å². The van der Waals surface area contributed by atoms with Gasteiger partial charge in [-0.05, 0) is 50.5 Å². The van der Waals surface area contributed by atoms with Gasteiger partial charge in [0.25, 0.3) is 11.5 Å². The maximum atomic E-state index is 13.5. The number of methoxy groups -OCH3 is 1. The van der Waals surface area contributed by atoms with Crippen molar-refractivity contribution in [1.29, 1.82) is 0 Å². The molecule has 1 N–H and O–H groups in total. The van der Waals surface area contributed by atoms with Gasteiger partial charge < -0.3 is 14.6 Å². The topological polar surface area (TPSA) is 88.2 Å². The Morgan fingerprint density at radius 3 is 2.76 bits per heavy atom. The molecule has 7 nitrogen and oxygen atoms in total. The molecule has 4 heterocycles. The summed E-state index contributed by atoms with van der Waals surface area (Å²) < 4.78 is 5.32. The number of rotatable bonds is 5. The van der Waals surface area contributed by atoms with Crippen LogP contribution in [0.1, 0.15) is 34.8 Å². The molecule has 174 valence electrons. The summed E-state index contributed by atoms with van der Waals surface area (Å²) in [7, 11) is 1.63.